The molecule has 1 aromatic heterocycles. The maximum atomic E-state index is 10.7. The zero-order valence-electron chi connectivity index (χ0n) is 8.07. The lowest BCUT2D eigenvalue weighted by Gasteiger charge is -1.97. The molecule has 15 heavy (non-hydrogen) atoms. The fourth-order valence-electron chi connectivity index (χ4n) is 1.50. The van der Waals surface area contributed by atoms with E-state index in [0.717, 1.165) is 11.3 Å². The van der Waals surface area contributed by atoms with Crippen LogP contribution in [0.15, 0.2) is 18.2 Å². The Hall–Kier alpha value is -1.55. The first kappa shape index (κ1) is 9.98. The molecule has 0 saturated heterocycles. The van der Waals surface area contributed by atoms with Crippen LogP contribution in [0, 0.1) is 0 Å². The molecule has 5 heteroatoms. The second-order valence-corrected chi connectivity index (χ2v) is 3.50. The van der Waals surface area contributed by atoms with Crippen molar-refractivity contribution in [2.45, 2.75) is 5.88 Å². The smallest absolute Gasteiger partial charge is 0.335 e. The second-order valence-electron chi connectivity index (χ2n) is 3.23. The van der Waals surface area contributed by atoms with Gasteiger partial charge in [-0.3, -0.25) is 0 Å². The Kier molecular flexibility index (Phi) is 2.36. The van der Waals surface area contributed by atoms with E-state index in [1.807, 2.05) is 11.6 Å². The van der Waals surface area contributed by atoms with Crippen LogP contribution in [-0.4, -0.2) is 20.6 Å². The van der Waals surface area contributed by atoms with Crippen molar-refractivity contribution in [3.05, 3.63) is 29.6 Å². The molecule has 1 aromatic carbocycles. The van der Waals surface area contributed by atoms with E-state index in [1.54, 1.807) is 18.2 Å². The number of aromatic nitrogens is 2. The molecule has 0 unspecified atom stereocenters. The number of aromatic carboxylic acids is 1. The summed E-state index contributed by atoms with van der Waals surface area (Å²) in [7, 11) is 1.85. The van der Waals surface area contributed by atoms with Crippen LogP contribution in [0.2, 0.25) is 0 Å². The molecule has 0 aliphatic heterocycles. The molecular formula is C10H9ClN2O2. The van der Waals surface area contributed by atoms with Crippen LogP contribution < -0.4 is 0 Å². The number of carboxylic acid groups (broad SMARTS) is 1. The van der Waals surface area contributed by atoms with Crippen molar-refractivity contribution in [1.29, 1.82) is 0 Å². The van der Waals surface area contributed by atoms with E-state index in [9.17, 15) is 4.79 Å². The van der Waals surface area contributed by atoms with Crippen LogP contribution in [0.4, 0.5) is 0 Å². The highest BCUT2D eigenvalue weighted by Crippen LogP contribution is 2.17. The van der Waals surface area contributed by atoms with E-state index in [2.05, 4.69) is 4.98 Å². The first-order chi connectivity index (χ1) is 7.13. The molecule has 0 saturated carbocycles. The average molecular weight is 225 g/mol. The summed E-state index contributed by atoms with van der Waals surface area (Å²) in [4.78, 5) is 15.0. The Morgan fingerprint density at radius 3 is 2.93 bits per heavy atom. The highest BCUT2D eigenvalue weighted by molar-refractivity contribution is 6.16. The lowest BCUT2D eigenvalue weighted by Crippen LogP contribution is -1.96. The predicted molar refractivity (Wildman–Crippen MR) is 57.2 cm³/mol. The summed E-state index contributed by atoms with van der Waals surface area (Å²) in [5.41, 5.74) is 1.78. The lowest BCUT2D eigenvalue weighted by molar-refractivity contribution is 0.0697. The number of aryl methyl sites for hydroxylation is 1. The maximum Gasteiger partial charge on any atom is 0.335 e. The van der Waals surface area contributed by atoms with Crippen molar-refractivity contribution in [2.75, 3.05) is 0 Å². The Morgan fingerprint density at radius 1 is 1.60 bits per heavy atom. The molecule has 2 rings (SSSR count). The van der Waals surface area contributed by atoms with Gasteiger partial charge in [-0.15, -0.1) is 11.6 Å². The third kappa shape index (κ3) is 1.57. The number of hydrogen-bond acceptors (Lipinski definition) is 2. The fourth-order valence-corrected chi connectivity index (χ4v) is 1.74. The van der Waals surface area contributed by atoms with Crippen molar-refractivity contribution < 1.29 is 9.90 Å². The SMILES string of the molecule is Cn1c(CCl)nc2cc(C(=O)O)ccc21. The number of nitrogens with zero attached hydrogens (tertiary/aromatic N) is 2. The standard InChI is InChI=1S/C10H9ClN2O2/c1-13-8-3-2-6(10(14)15)4-7(8)12-9(13)5-11/h2-4H,5H2,1H3,(H,14,15). The summed E-state index contributed by atoms with van der Waals surface area (Å²) < 4.78 is 1.86. The zero-order chi connectivity index (χ0) is 11.0. The van der Waals surface area contributed by atoms with Gasteiger partial charge in [-0.25, -0.2) is 9.78 Å². The van der Waals surface area contributed by atoms with Crippen molar-refractivity contribution in [3.8, 4) is 0 Å². The minimum absolute atomic E-state index is 0.238. The number of carbonyl (C=O) groups is 1. The van der Waals surface area contributed by atoms with E-state index >= 15 is 0 Å². The summed E-state index contributed by atoms with van der Waals surface area (Å²) in [5, 5.41) is 8.82. The first-order valence-corrected chi connectivity index (χ1v) is 4.91. The van der Waals surface area contributed by atoms with Gasteiger partial charge in [0.25, 0.3) is 0 Å². The minimum Gasteiger partial charge on any atom is -0.478 e. The second kappa shape index (κ2) is 3.55. The van der Waals surface area contributed by atoms with E-state index in [0.29, 0.717) is 11.4 Å². The van der Waals surface area contributed by atoms with Crippen molar-refractivity contribution >= 4 is 28.6 Å². The normalized spacial score (nSPS) is 10.8. The number of fused-ring (bicyclic) bond motifs is 1. The van der Waals surface area contributed by atoms with Gasteiger partial charge in [-0.1, -0.05) is 0 Å². The van der Waals surface area contributed by atoms with Gasteiger partial charge in [0.2, 0.25) is 0 Å². The third-order valence-electron chi connectivity index (χ3n) is 2.34. The maximum absolute atomic E-state index is 10.7. The third-order valence-corrected chi connectivity index (χ3v) is 2.58. The highest BCUT2D eigenvalue weighted by atomic mass is 35.5. The van der Waals surface area contributed by atoms with E-state index in [4.69, 9.17) is 16.7 Å². The van der Waals surface area contributed by atoms with E-state index < -0.39 is 5.97 Å². The molecule has 0 bridgehead atoms. The van der Waals surface area contributed by atoms with Crippen molar-refractivity contribution in [3.63, 3.8) is 0 Å². The van der Waals surface area contributed by atoms with Gasteiger partial charge in [-0.2, -0.15) is 0 Å². The molecule has 0 radical (unpaired) electrons. The van der Waals surface area contributed by atoms with Gasteiger partial charge in [0.05, 0.1) is 22.5 Å². The molecule has 4 nitrogen and oxygen atoms in total. The van der Waals surface area contributed by atoms with E-state index in [-0.39, 0.29) is 5.56 Å². The summed E-state index contributed by atoms with van der Waals surface area (Å²) in [6.07, 6.45) is 0. The van der Waals surface area contributed by atoms with Gasteiger partial charge >= 0.3 is 5.97 Å². The van der Waals surface area contributed by atoms with Crippen LogP contribution in [0.3, 0.4) is 0 Å². The molecule has 0 spiro atoms. The van der Waals surface area contributed by atoms with Crippen LogP contribution >= 0.6 is 11.6 Å². The molecule has 0 amide bonds. The largest absolute Gasteiger partial charge is 0.478 e. The van der Waals surface area contributed by atoms with Crippen LogP contribution in [0.1, 0.15) is 16.2 Å². The fraction of sp³-hybridized carbons (Fsp3) is 0.200. The molecule has 0 aliphatic rings. The Morgan fingerprint density at radius 2 is 2.33 bits per heavy atom. The molecule has 1 heterocycles. The van der Waals surface area contributed by atoms with Gasteiger partial charge < -0.3 is 9.67 Å². The zero-order valence-corrected chi connectivity index (χ0v) is 8.82. The number of alkyl halides is 1. The number of halogens is 1. The van der Waals surface area contributed by atoms with Gasteiger partial charge in [0.1, 0.15) is 5.82 Å². The Balaban J connectivity index is 2.68. The number of rotatable bonds is 2. The predicted octanol–water partition coefficient (Wildman–Crippen LogP) is 2.01. The molecule has 78 valence electrons. The summed E-state index contributed by atoms with van der Waals surface area (Å²) in [6, 6.07) is 4.85. The highest BCUT2D eigenvalue weighted by Gasteiger charge is 2.09. The Labute approximate surface area is 91.1 Å². The molecule has 0 aliphatic carbocycles. The number of carboxylic acids is 1. The topological polar surface area (TPSA) is 55.1 Å². The summed E-state index contributed by atoms with van der Waals surface area (Å²) in [6.45, 7) is 0. The van der Waals surface area contributed by atoms with Crippen LogP contribution in [0.5, 0.6) is 0 Å². The van der Waals surface area contributed by atoms with Gasteiger partial charge in [-0.05, 0) is 18.2 Å². The first-order valence-electron chi connectivity index (χ1n) is 4.38. The summed E-state index contributed by atoms with van der Waals surface area (Å²) >= 11 is 5.71. The molecule has 0 atom stereocenters. The summed E-state index contributed by atoms with van der Waals surface area (Å²) in [5.74, 6) is 0.0947. The van der Waals surface area contributed by atoms with E-state index in [1.165, 1.54) is 0 Å². The minimum atomic E-state index is -0.949. The molecular weight excluding hydrogens is 216 g/mol. The van der Waals surface area contributed by atoms with Gasteiger partial charge in [0.15, 0.2) is 0 Å². The number of hydrogen-bond donors (Lipinski definition) is 1. The number of benzene rings is 1. The van der Waals surface area contributed by atoms with Crippen molar-refractivity contribution in [1.82, 2.24) is 9.55 Å². The monoisotopic (exact) mass is 224 g/mol. The quantitative estimate of drug-likeness (QED) is 0.794. The molecule has 0 fully saturated rings. The van der Waals surface area contributed by atoms with Crippen LogP contribution in [-0.2, 0) is 12.9 Å². The van der Waals surface area contributed by atoms with Gasteiger partial charge in [0, 0.05) is 7.05 Å². The molecule has 2 aromatic rings. The van der Waals surface area contributed by atoms with Crippen molar-refractivity contribution in [2.24, 2.45) is 7.05 Å². The number of imidazole rings is 1. The average Bonchev–Trinajstić information content (AvgIpc) is 2.55. The van der Waals surface area contributed by atoms with Crippen LogP contribution in [0.25, 0.3) is 11.0 Å². The Bertz CT molecular complexity index is 533. The lowest BCUT2D eigenvalue weighted by atomic mass is 10.2. The molecule has 1 N–H and O–H groups in total.